The van der Waals surface area contributed by atoms with Gasteiger partial charge >= 0.3 is 0 Å². The lowest BCUT2D eigenvalue weighted by molar-refractivity contribution is 0.409. The van der Waals surface area contributed by atoms with E-state index in [9.17, 15) is 4.39 Å². The van der Waals surface area contributed by atoms with Crippen LogP contribution in [-0.2, 0) is 13.5 Å². The molecule has 1 N–H and O–H groups in total. The van der Waals surface area contributed by atoms with Crippen molar-refractivity contribution in [2.45, 2.75) is 19.4 Å². The van der Waals surface area contributed by atoms with Crippen LogP contribution in [-0.4, -0.2) is 23.2 Å². The van der Waals surface area contributed by atoms with E-state index in [2.05, 4.69) is 10.3 Å². The van der Waals surface area contributed by atoms with Crippen LogP contribution < -0.4 is 10.1 Å². The minimum atomic E-state index is -0.249. The number of nitrogens with zero attached hydrogens (tertiary/aromatic N) is 2. The zero-order valence-electron chi connectivity index (χ0n) is 12.1. The normalized spacial score (nSPS) is 12.4. The van der Waals surface area contributed by atoms with Gasteiger partial charge in [0, 0.05) is 50.1 Å². The number of halogens is 1. The quantitative estimate of drug-likeness (QED) is 0.881. The number of nitrogens with one attached hydrogen (secondary N) is 1. The molecule has 1 heterocycles. The number of benzene rings is 1. The topological polar surface area (TPSA) is 39.1 Å². The second-order valence-corrected chi connectivity index (χ2v) is 4.77. The van der Waals surface area contributed by atoms with E-state index in [1.165, 1.54) is 13.2 Å². The van der Waals surface area contributed by atoms with Gasteiger partial charge in [-0.25, -0.2) is 9.37 Å². The first-order valence-electron chi connectivity index (χ1n) is 6.65. The van der Waals surface area contributed by atoms with Gasteiger partial charge in [0.15, 0.2) is 0 Å². The van der Waals surface area contributed by atoms with Gasteiger partial charge in [-0.15, -0.1) is 0 Å². The van der Waals surface area contributed by atoms with E-state index in [-0.39, 0.29) is 11.9 Å². The first-order chi connectivity index (χ1) is 9.61. The molecule has 1 aromatic heterocycles. The molecule has 0 fully saturated rings. The number of hydrogen-bond acceptors (Lipinski definition) is 3. The molecule has 1 unspecified atom stereocenters. The summed E-state index contributed by atoms with van der Waals surface area (Å²) < 4.78 is 20.9. The van der Waals surface area contributed by atoms with Crippen molar-refractivity contribution in [1.29, 1.82) is 0 Å². The molecule has 0 radical (unpaired) electrons. The number of ether oxygens (including phenoxy) is 1. The van der Waals surface area contributed by atoms with Crippen molar-refractivity contribution in [3.05, 3.63) is 47.8 Å². The summed E-state index contributed by atoms with van der Waals surface area (Å²) in [6, 6.07) is 4.88. The van der Waals surface area contributed by atoms with Crippen molar-refractivity contribution in [3.63, 3.8) is 0 Å². The summed E-state index contributed by atoms with van der Waals surface area (Å²) in [5.74, 6) is 1.30. The predicted molar refractivity (Wildman–Crippen MR) is 76.3 cm³/mol. The Hall–Kier alpha value is -1.88. The van der Waals surface area contributed by atoms with Crippen molar-refractivity contribution in [2.75, 3.05) is 13.7 Å². The molecule has 0 aliphatic rings. The molecule has 5 heteroatoms. The molecule has 0 spiro atoms. The maximum Gasteiger partial charge on any atom is 0.131 e. The highest BCUT2D eigenvalue weighted by atomic mass is 19.1. The van der Waals surface area contributed by atoms with Gasteiger partial charge in [-0.3, -0.25) is 0 Å². The van der Waals surface area contributed by atoms with Gasteiger partial charge in [0.05, 0.1) is 7.11 Å². The third-order valence-corrected chi connectivity index (χ3v) is 3.39. The monoisotopic (exact) mass is 277 g/mol. The molecule has 2 rings (SSSR count). The van der Waals surface area contributed by atoms with Crippen molar-refractivity contribution in [3.8, 4) is 5.75 Å². The van der Waals surface area contributed by atoms with Gasteiger partial charge in [0.25, 0.3) is 0 Å². The number of hydrogen-bond donors (Lipinski definition) is 1. The Labute approximate surface area is 118 Å². The Morgan fingerprint density at radius 1 is 1.45 bits per heavy atom. The fraction of sp³-hybridized carbons (Fsp3) is 0.400. The zero-order chi connectivity index (χ0) is 14.5. The molecule has 0 bridgehead atoms. The number of aromatic nitrogens is 2. The molecule has 2 aromatic rings. The van der Waals surface area contributed by atoms with E-state index in [1.807, 2.05) is 24.7 Å². The second-order valence-electron chi connectivity index (χ2n) is 4.77. The van der Waals surface area contributed by atoms with Gasteiger partial charge in [0.1, 0.15) is 17.4 Å². The number of rotatable bonds is 6. The molecule has 1 aromatic carbocycles. The first kappa shape index (κ1) is 14.5. The van der Waals surface area contributed by atoms with Gasteiger partial charge in [-0.1, -0.05) is 6.07 Å². The zero-order valence-corrected chi connectivity index (χ0v) is 12.1. The highest BCUT2D eigenvalue weighted by molar-refractivity contribution is 5.30. The van der Waals surface area contributed by atoms with Crippen LogP contribution in [0.15, 0.2) is 30.6 Å². The molecule has 1 atom stereocenters. The molecular weight excluding hydrogens is 257 g/mol. The highest BCUT2D eigenvalue weighted by Gasteiger charge is 2.11. The van der Waals surface area contributed by atoms with Crippen molar-refractivity contribution < 1.29 is 9.13 Å². The van der Waals surface area contributed by atoms with E-state index in [1.54, 1.807) is 18.3 Å². The fourth-order valence-corrected chi connectivity index (χ4v) is 2.13. The minimum absolute atomic E-state index is 0.0545. The summed E-state index contributed by atoms with van der Waals surface area (Å²) in [4.78, 5) is 4.26. The number of aryl methyl sites for hydroxylation is 1. The van der Waals surface area contributed by atoms with E-state index < -0.39 is 0 Å². The molecule has 0 saturated carbocycles. The molecule has 4 nitrogen and oxygen atoms in total. The van der Waals surface area contributed by atoms with Crippen LogP contribution in [0.4, 0.5) is 4.39 Å². The standard InChI is InChI=1S/C15H20FN3O/c1-11(13-5-4-12(20-3)10-14(13)16)17-7-6-15-18-8-9-19(15)2/h4-5,8-11,17H,6-7H2,1-3H3. The number of methoxy groups -OCH3 is 1. The minimum Gasteiger partial charge on any atom is -0.497 e. The molecule has 0 aliphatic heterocycles. The van der Waals surface area contributed by atoms with Crippen LogP contribution in [0.1, 0.15) is 24.4 Å². The SMILES string of the molecule is COc1ccc(C(C)NCCc2nccn2C)c(F)c1. The first-order valence-corrected chi connectivity index (χ1v) is 6.65. The lowest BCUT2D eigenvalue weighted by atomic mass is 10.1. The molecule has 20 heavy (non-hydrogen) atoms. The third-order valence-electron chi connectivity index (χ3n) is 3.39. The van der Waals surface area contributed by atoms with Gasteiger partial charge in [-0.05, 0) is 13.0 Å². The fourth-order valence-electron chi connectivity index (χ4n) is 2.13. The summed E-state index contributed by atoms with van der Waals surface area (Å²) in [5, 5.41) is 3.31. The average Bonchev–Trinajstić information content (AvgIpc) is 2.84. The van der Waals surface area contributed by atoms with Crippen molar-refractivity contribution in [2.24, 2.45) is 7.05 Å². The summed E-state index contributed by atoms with van der Waals surface area (Å²) in [6.07, 6.45) is 4.51. The van der Waals surface area contributed by atoms with Crippen LogP contribution in [0.2, 0.25) is 0 Å². The van der Waals surface area contributed by atoms with Crippen molar-refractivity contribution in [1.82, 2.24) is 14.9 Å². The predicted octanol–water partition coefficient (Wildman–Crippen LogP) is 2.46. The van der Waals surface area contributed by atoms with E-state index in [0.717, 1.165) is 18.8 Å². The van der Waals surface area contributed by atoms with Crippen LogP contribution in [0.25, 0.3) is 0 Å². The van der Waals surface area contributed by atoms with Crippen LogP contribution in [0.5, 0.6) is 5.75 Å². The van der Waals surface area contributed by atoms with Gasteiger partial charge in [-0.2, -0.15) is 0 Å². The highest BCUT2D eigenvalue weighted by Crippen LogP contribution is 2.21. The Morgan fingerprint density at radius 2 is 2.25 bits per heavy atom. The Balaban J connectivity index is 1.91. The lowest BCUT2D eigenvalue weighted by Gasteiger charge is -2.15. The summed E-state index contributed by atoms with van der Waals surface area (Å²) in [6.45, 7) is 2.70. The van der Waals surface area contributed by atoms with Gasteiger partial charge in [0.2, 0.25) is 0 Å². The molecule has 0 amide bonds. The molecule has 0 saturated heterocycles. The summed E-state index contributed by atoms with van der Waals surface area (Å²) >= 11 is 0. The van der Waals surface area contributed by atoms with Crippen LogP contribution >= 0.6 is 0 Å². The van der Waals surface area contributed by atoms with E-state index >= 15 is 0 Å². The summed E-state index contributed by atoms with van der Waals surface area (Å²) in [5.41, 5.74) is 0.644. The van der Waals surface area contributed by atoms with Crippen molar-refractivity contribution >= 4 is 0 Å². The second kappa shape index (κ2) is 6.52. The average molecular weight is 277 g/mol. The number of imidazole rings is 1. The smallest absolute Gasteiger partial charge is 0.131 e. The maximum absolute atomic E-state index is 13.9. The third kappa shape index (κ3) is 3.36. The van der Waals surface area contributed by atoms with E-state index in [4.69, 9.17) is 4.74 Å². The molecule has 0 aliphatic carbocycles. The Bertz CT molecular complexity index is 568. The van der Waals surface area contributed by atoms with E-state index in [0.29, 0.717) is 11.3 Å². The largest absolute Gasteiger partial charge is 0.497 e. The van der Waals surface area contributed by atoms with Crippen LogP contribution in [0, 0.1) is 5.82 Å². The van der Waals surface area contributed by atoms with Gasteiger partial charge < -0.3 is 14.6 Å². The Kier molecular flexibility index (Phi) is 4.74. The Morgan fingerprint density at radius 3 is 2.85 bits per heavy atom. The maximum atomic E-state index is 13.9. The van der Waals surface area contributed by atoms with Crippen LogP contribution in [0.3, 0.4) is 0 Å². The lowest BCUT2D eigenvalue weighted by Crippen LogP contribution is -2.23. The summed E-state index contributed by atoms with van der Waals surface area (Å²) in [7, 11) is 3.50. The molecule has 108 valence electrons. The molecular formula is C15H20FN3O.